The number of hydrogen-bond acceptors (Lipinski definition) is 1. The van der Waals surface area contributed by atoms with E-state index in [0.717, 1.165) is 24.8 Å². The minimum atomic E-state index is -0.350. The maximum atomic E-state index is 10.4. The third-order valence-corrected chi connectivity index (χ3v) is 6.90. The van der Waals surface area contributed by atoms with Crippen molar-refractivity contribution >= 4 is 23.2 Å². The fourth-order valence-electron chi connectivity index (χ4n) is 4.35. The summed E-state index contributed by atoms with van der Waals surface area (Å²) in [4.78, 5) is 0. The van der Waals surface area contributed by atoms with Gasteiger partial charge in [0.05, 0.1) is 6.10 Å². The molecule has 0 amide bonds. The molecule has 2 rings (SSSR count). The molecule has 1 aromatic carbocycles. The molecule has 26 heavy (non-hydrogen) atoms. The lowest BCUT2D eigenvalue weighted by Crippen LogP contribution is -2.16. The van der Waals surface area contributed by atoms with Crippen LogP contribution in [0.1, 0.15) is 101 Å². The smallest absolute Gasteiger partial charge is 0.0790 e. The molecule has 0 aromatic heterocycles. The van der Waals surface area contributed by atoms with E-state index in [2.05, 4.69) is 38.1 Å². The molecule has 0 heterocycles. The monoisotopic (exact) mass is 398 g/mol. The molecule has 1 aliphatic carbocycles. The zero-order valence-corrected chi connectivity index (χ0v) is 18.0. The Bertz CT molecular complexity index is 501. The van der Waals surface area contributed by atoms with Crippen molar-refractivity contribution in [2.45, 2.75) is 101 Å². The Balaban J connectivity index is 2.00. The maximum Gasteiger partial charge on any atom is 0.0790 e. The molecule has 0 aliphatic heterocycles. The quantitative estimate of drug-likeness (QED) is 0.300. The van der Waals surface area contributed by atoms with Crippen LogP contribution >= 0.6 is 23.2 Å². The average Bonchev–Trinajstić information content (AvgIpc) is 2.92. The first kappa shape index (κ1) is 22.1. The number of aliphatic hydroxyl groups excluding tert-OH is 1. The lowest BCUT2D eigenvalue weighted by atomic mass is 9.84. The summed E-state index contributed by atoms with van der Waals surface area (Å²) in [5, 5.41) is 10.7. The number of unbranched alkanes of at least 4 members (excludes halogenated alkanes) is 5. The highest BCUT2D eigenvalue weighted by Gasteiger charge is 2.41. The van der Waals surface area contributed by atoms with Crippen LogP contribution in [0.3, 0.4) is 0 Å². The minimum absolute atomic E-state index is 0.119. The molecule has 1 N–H and O–H groups in total. The van der Waals surface area contributed by atoms with Gasteiger partial charge >= 0.3 is 0 Å². The highest BCUT2D eigenvalue weighted by Crippen LogP contribution is 2.47. The van der Waals surface area contributed by atoms with Crippen molar-refractivity contribution < 1.29 is 5.11 Å². The van der Waals surface area contributed by atoms with Crippen molar-refractivity contribution in [3.05, 3.63) is 35.4 Å². The molecular formula is C23H36Cl2O. The molecule has 1 saturated carbocycles. The van der Waals surface area contributed by atoms with Gasteiger partial charge in [-0.05, 0) is 36.3 Å². The van der Waals surface area contributed by atoms with E-state index in [9.17, 15) is 5.11 Å². The Morgan fingerprint density at radius 3 is 2.23 bits per heavy atom. The molecule has 1 fully saturated rings. The summed E-state index contributed by atoms with van der Waals surface area (Å²) in [6.07, 6.45) is 11.1. The molecule has 0 bridgehead atoms. The minimum Gasteiger partial charge on any atom is -0.388 e. The lowest BCUT2D eigenvalue weighted by molar-refractivity contribution is 0.163. The zero-order chi connectivity index (χ0) is 18.9. The first-order valence-electron chi connectivity index (χ1n) is 10.6. The van der Waals surface area contributed by atoms with Crippen molar-refractivity contribution in [2.75, 3.05) is 0 Å². The molecule has 1 aromatic rings. The summed E-state index contributed by atoms with van der Waals surface area (Å²) < 4.78 is 0. The lowest BCUT2D eigenvalue weighted by Gasteiger charge is -2.24. The summed E-state index contributed by atoms with van der Waals surface area (Å²) >= 11 is 13.4. The second kappa shape index (κ2) is 11.6. The van der Waals surface area contributed by atoms with Crippen LogP contribution in [-0.2, 0) is 0 Å². The normalized spacial score (nSPS) is 27.0. The van der Waals surface area contributed by atoms with Gasteiger partial charge in [-0.2, -0.15) is 0 Å². The Morgan fingerprint density at radius 1 is 0.923 bits per heavy atom. The van der Waals surface area contributed by atoms with Gasteiger partial charge in [0.2, 0.25) is 0 Å². The van der Waals surface area contributed by atoms with Gasteiger partial charge in [0.1, 0.15) is 0 Å². The highest BCUT2D eigenvalue weighted by molar-refractivity contribution is 6.25. The van der Waals surface area contributed by atoms with Crippen LogP contribution in [0.2, 0.25) is 0 Å². The van der Waals surface area contributed by atoms with Crippen LogP contribution < -0.4 is 0 Å². The third-order valence-electron chi connectivity index (χ3n) is 5.94. The van der Waals surface area contributed by atoms with Gasteiger partial charge in [-0.3, -0.25) is 0 Å². The predicted molar refractivity (Wildman–Crippen MR) is 114 cm³/mol. The molecule has 5 unspecified atom stereocenters. The molecule has 0 radical (unpaired) electrons. The number of benzene rings is 1. The molecule has 148 valence electrons. The van der Waals surface area contributed by atoms with Gasteiger partial charge in [-0.25, -0.2) is 0 Å². The SMILES string of the molecule is CCCCCCC1C(Cl)CC(Cl)C1c1ccc(C(O)CCCCC)cc1. The van der Waals surface area contributed by atoms with E-state index in [1.165, 1.54) is 50.5 Å². The highest BCUT2D eigenvalue weighted by atomic mass is 35.5. The maximum absolute atomic E-state index is 10.4. The summed E-state index contributed by atoms with van der Waals surface area (Å²) in [6.45, 7) is 4.43. The Hall–Kier alpha value is -0.240. The average molecular weight is 399 g/mol. The summed E-state index contributed by atoms with van der Waals surface area (Å²) in [5.41, 5.74) is 2.31. The van der Waals surface area contributed by atoms with Crippen LogP contribution in [0.15, 0.2) is 24.3 Å². The van der Waals surface area contributed by atoms with Crippen molar-refractivity contribution in [2.24, 2.45) is 5.92 Å². The van der Waals surface area contributed by atoms with Crippen molar-refractivity contribution in [1.29, 1.82) is 0 Å². The first-order valence-corrected chi connectivity index (χ1v) is 11.5. The van der Waals surface area contributed by atoms with Crippen LogP contribution in [0, 0.1) is 5.92 Å². The van der Waals surface area contributed by atoms with Gasteiger partial charge in [0.25, 0.3) is 0 Å². The van der Waals surface area contributed by atoms with Crippen LogP contribution in [0.25, 0.3) is 0 Å². The van der Waals surface area contributed by atoms with E-state index in [0.29, 0.717) is 11.8 Å². The van der Waals surface area contributed by atoms with E-state index in [1.807, 2.05) is 0 Å². The van der Waals surface area contributed by atoms with Crippen molar-refractivity contribution in [3.63, 3.8) is 0 Å². The van der Waals surface area contributed by atoms with Gasteiger partial charge in [0.15, 0.2) is 0 Å². The Morgan fingerprint density at radius 2 is 1.58 bits per heavy atom. The zero-order valence-electron chi connectivity index (χ0n) is 16.5. The summed E-state index contributed by atoms with van der Waals surface area (Å²) in [7, 11) is 0. The number of halogens is 2. The first-order chi connectivity index (χ1) is 12.6. The van der Waals surface area contributed by atoms with Crippen LogP contribution in [0.5, 0.6) is 0 Å². The third kappa shape index (κ3) is 6.14. The molecule has 5 atom stereocenters. The number of hydrogen-bond donors (Lipinski definition) is 1. The van der Waals surface area contributed by atoms with E-state index in [4.69, 9.17) is 23.2 Å². The van der Waals surface area contributed by atoms with E-state index in [-0.39, 0.29) is 16.9 Å². The Labute approximate surface area is 170 Å². The number of aliphatic hydroxyl groups is 1. The summed E-state index contributed by atoms with van der Waals surface area (Å²) in [6, 6.07) is 8.52. The fraction of sp³-hybridized carbons (Fsp3) is 0.739. The predicted octanol–water partition coefficient (Wildman–Crippen LogP) is 7.59. The van der Waals surface area contributed by atoms with Crippen LogP contribution in [-0.4, -0.2) is 15.9 Å². The van der Waals surface area contributed by atoms with Crippen LogP contribution in [0.4, 0.5) is 0 Å². The second-order valence-corrected chi connectivity index (χ2v) is 9.11. The molecule has 3 heteroatoms. The van der Waals surface area contributed by atoms with Crippen molar-refractivity contribution in [1.82, 2.24) is 0 Å². The molecule has 1 nitrogen and oxygen atoms in total. The van der Waals surface area contributed by atoms with Gasteiger partial charge in [-0.15, -0.1) is 23.2 Å². The Kier molecular flexibility index (Phi) is 9.81. The van der Waals surface area contributed by atoms with E-state index >= 15 is 0 Å². The van der Waals surface area contributed by atoms with E-state index in [1.54, 1.807) is 0 Å². The van der Waals surface area contributed by atoms with Gasteiger partial charge in [-0.1, -0.05) is 83.1 Å². The van der Waals surface area contributed by atoms with Crippen molar-refractivity contribution in [3.8, 4) is 0 Å². The van der Waals surface area contributed by atoms with E-state index < -0.39 is 0 Å². The molecule has 1 aliphatic rings. The van der Waals surface area contributed by atoms with Gasteiger partial charge in [0, 0.05) is 16.7 Å². The van der Waals surface area contributed by atoms with Gasteiger partial charge < -0.3 is 5.11 Å². The number of alkyl halides is 2. The second-order valence-electron chi connectivity index (χ2n) is 7.98. The largest absolute Gasteiger partial charge is 0.388 e. The molecule has 0 spiro atoms. The molecule has 0 saturated heterocycles. The number of rotatable bonds is 11. The standard InChI is InChI=1S/C23H36Cl2O/c1-3-5-7-9-10-19-20(24)16-21(25)23(19)18-14-12-17(13-15-18)22(26)11-8-6-4-2/h12-15,19-23,26H,3-11,16H2,1-2H3. The fourth-order valence-corrected chi connectivity index (χ4v) is 5.44. The molecular weight excluding hydrogens is 363 g/mol. The topological polar surface area (TPSA) is 20.2 Å². The summed E-state index contributed by atoms with van der Waals surface area (Å²) in [5.74, 6) is 0.809.